The fourth-order valence-corrected chi connectivity index (χ4v) is 2.59. The third kappa shape index (κ3) is 5.82. The van der Waals surface area contributed by atoms with Gasteiger partial charge in [0.2, 0.25) is 0 Å². The van der Waals surface area contributed by atoms with Gasteiger partial charge in [-0.2, -0.15) is 0 Å². The summed E-state index contributed by atoms with van der Waals surface area (Å²) in [6.07, 6.45) is 3.76. The largest absolute Gasteiger partial charge is 0.315 e. The maximum absolute atomic E-state index is 10.9. The minimum Gasteiger partial charge on any atom is -0.315 e. The standard InChI is InChI=1S/C11H24N2O2S/c1-3-13-7-4-11(5-8-13)10-12-6-9-16(2,14)15/h11-12H,3-10H2,1-2H3. The predicted molar refractivity (Wildman–Crippen MR) is 67.4 cm³/mol. The molecule has 16 heavy (non-hydrogen) atoms. The molecule has 1 fully saturated rings. The number of hydrogen-bond acceptors (Lipinski definition) is 4. The number of nitrogens with one attached hydrogen (secondary N) is 1. The first-order valence-corrected chi connectivity index (χ1v) is 8.18. The van der Waals surface area contributed by atoms with Gasteiger partial charge in [-0.25, -0.2) is 8.42 Å². The van der Waals surface area contributed by atoms with Crippen molar-refractivity contribution < 1.29 is 8.42 Å². The SMILES string of the molecule is CCN1CCC(CNCCS(C)(=O)=O)CC1. The Labute approximate surface area is 99.3 Å². The summed E-state index contributed by atoms with van der Waals surface area (Å²) in [5, 5.41) is 3.25. The summed E-state index contributed by atoms with van der Waals surface area (Å²) in [5.74, 6) is 0.975. The highest BCUT2D eigenvalue weighted by molar-refractivity contribution is 7.90. The molecular formula is C11H24N2O2S. The van der Waals surface area contributed by atoms with Crippen molar-refractivity contribution in [2.75, 3.05) is 44.7 Å². The summed E-state index contributed by atoms with van der Waals surface area (Å²) in [7, 11) is -2.81. The van der Waals surface area contributed by atoms with Gasteiger partial charge >= 0.3 is 0 Å². The van der Waals surface area contributed by atoms with E-state index in [0.717, 1.165) is 19.0 Å². The molecule has 1 saturated heterocycles. The van der Waals surface area contributed by atoms with E-state index in [0.29, 0.717) is 6.54 Å². The fraction of sp³-hybridized carbons (Fsp3) is 1.00. The predicted octanol–water partition coefficient (Wildman–Crippen LogP) is 0.353. The number of sulfone groups is 1. The van der Waals surface area contributed by atoms with Crippen LogP contribution in [-0.2, 0) is 9.84 Å². The molecule has 0 radical (unpaired) electrons. The van der Waals surface area contributed by atoms with Gasteiger partial charge in [0.05, 0.1) is 5.75 Å². The van der Waals surface area contributed by atoms with Crippen LogP contribution in [0.1, 0.15) is 19.8 Å². The molecule has 1 N–H and O–H groups in total. The van der Waals surface area contributed by atoms with E-state index >= 15 is 0 Å². The molecule has 4 nitrogen and oxygen atoms in total. The topological polar surface area (TPSA) is 49.4 Å². The molecule has 1 aliphatic rings. The first-order chi connectivity index (χ1) is 7.51. The number of rotatable bonds is 6. The summed E-state index contributed by atoms with van der Waals surface area (Å²) < 4.78 is 21.8. The number of nitrogens with zero attached hydrogens (tertiary/aromatic N) is 1. The second kappa shape index (κ2) is 6.57. The van der Waals surface area contributed by atoms with E-state index in [1.807, 2.05) is 0 Å². The lowest BCUT2D eigenvalue weighted by atomic mass is 9.97. The molecule has 0 atom stereocenters. The van der Waals surface area contributed by atoms with Crippen molar-refractivity contribution in [1.82, 2.24) is 10.2 Å². The Morgan fingerprint density at radius 1 is 1.31 bits per heavy atom. The van der Waals surface area contributed by atoms with Crippen LogP contribution in [0.25, 0.3) is 0 Å². The Balaban J connectivity index is 2.07. The van der Waals surface area contributed by atoms with Gasteiger partial charge < -0.3 is 10.2 Å². The van der Waals surface area contributed by atoms with E-state index in [2.05, 4.69) is 17.1 Å². The van der Waals surface area contributed by atoms with E-state index in [4.69, 9.17) is 0 Å². The van der Waals surface area contributed by atoms with Crippen LogP contribution in [0, 0.1) is 5.92 Å². The van der Waals surface area contributed by atoms with E-state index in [1.54, 1.807) is 0 Å². The molecule has 0 aromatic rings. The zero-order valence-electron chi connectivity index (χ0n) is 10.4. The molecular weight excluding hydrogens is 224 g/mol. The van der Waals surface area contributed by atoms with Crippen LogP contribution in [0.15, 0.2) is 0 Å². The third-order valence-corrected chi connectivity index (χ3v) is 4.18. The fourth-order valence-electron chi connectivity index (χ4n) is 2.07. The molecule has 0 aromatic carbocycles. The van der Waals surface area contributed by atoms with Crippen LogP contribution in [0.3, 0.4) is 0 Å². The van der Waals surface area contributed by atoms with Crippen LogP contribution in [0.4, 0.5) is 0 Å². The van der Waals surface area contributed by atoms with Gasteiger partial charge in [0.15, 0.2) is 0 Å². The highest BCUT2D eigenvalue weighted by Gasteiger charge is 2.17. The highest BCUT2D eigenvalue weighted by Crippen LogP contribution is 2.15. The molecule has 1 heterocycles. The Kier molecular flexibility index (Phi) is 5.72. The maximum Gasteiger partial charge on any atom is 0.148 e. The first kappa shape index (κ1) is 13.9. The lowest BCUT2D eigenvalue weighted by molar-refractivity contribution is 0.190. The second-order valence-corrected chi connectivity index (χ2v) is 6.97. The van der Waals surface area contributed by atoms with Crippen molar-refractivity contribution >= 4 is 9.84 Å². The summed E-state index contributed by atoms with van der Waals surface area (Å²) in [6.45, 7) is 7.28. The van der Waals surface area contributed by atoms with Crippen molar-refractivity contribution in [2.24, 2.45) is 5.92 Å². The number of piperidine rings is 1. The van der Waals surface area contributed by atoms with Crippen molar-refractivity contribution in [2.45, 2.75) is 19.8 Å². The molecule has 0 saturated carbocycles. The quantitative estimate of drug-likeness (QED) is 0.689. The van der Waals surface area contributed by atoms with Crippen LogP contribution in [-0.4, -0.2) is 58.1 Å². The molecule has 96 valence electrons. The van der Waals surface area contributed by atoms with Gasteiger partial charge in [0.25, 0.3) is 0 Å². The van der Waals surface area contributed by atoms with Crippen LogP contribution < -0.4 is 5.32 Å². The Morgan fingerprint density at radius 3 is 2.44 bits per heavy atom. The Hall–Kier alpha value is -0.130. The highest BCUT2D eigenvalue weighted by atomic mass is 32.2. The van der Waals surface area contributed by atoms with Crippen molar-refractivity contribution in [3.8, 4) is 0 Å². The summed E-state index contributed by atoms with van der Waals surface area (Å²) in [6, 6.07) is 0. The smallest absolute Gasteiger partial charge is 0.148 e. The second-order valence-electron chi connectivity index (χ2n) is 4.71. The van der Waals surface area contributed by atoms with E-state index < -0.39 is 9.84 Å². The van der Waals surface area contributed by atoms with Crippen molar-refractivity contribution in [3.63, 3.8) is 0 Å². The molecule has 0 aliphatic carbocycles. The Morgan fingerprint density at radius 2 is 1.94 bits per heavy atom. The lowest BCUT2D eigenvalue weighted by Crippen LogP contribution is -2.37. The normalized spacial score (nSPS) is 20.1. The average Bonchev–Trinajstić information content (AvgIpc) is 2.24. The molecule has 0 aromatic heterocycles. The Bertz CT molecular complexity index is 282. The monoisotopic (exact) mass is 248 g/mol. The molecule has 1 rings (SSSR count). The van der Waals surface area contributed by atoms with Crippen LogP contribution >= 0.6 is 0 Å². The summed E-state index contributed by atoms with van der Waals surface area (Å²) >= 11 is 0. The minimum absolute atomic E-state index is 0.251. The van der Waals surface area contributed by atoms with Gasteiger partial charge in [-0.3, -0.25) is 0 Å². The van der Waals surface area contributed by atoms with Gasteiger partial charge in [-0.15, -0.1) is 0 Å². The number of likely N-dealkylation sites (tertiary alicyclic amines) is 1. The summed E-state index contributed by atoms with van der Waals surface area (Å²) in [4.78, 5) is 2.47. The lowest BCUT2D eigenvalue weighted by Gasteiger charge is -2.31. The van der Waals surface area contributed by atoms with Gasteiger partial charge in [-0.05, 0) is 44.9 Å². The van der Waals surface area contributed by atoms with Gasteiger partial charge in [0.1, 0.15) is 9.84 Å². The minimum atomic E-state index is -2.81. The molecule has 0 unspecified atom stereocenters. The van der Waals surface area contributed by atoms with Gasteiger partial charge in [0, 0.05) is 12.8 Å². The first-order valence-electron chi connectivity index (χ1n) is 6.12. The van der Waals surface area contributed by atoms with E-state index in [9.17, 15) is 8.42 Å². The zero-order chi connectivity index (χ0) is 12.0. The van der Waals surface area contributed by atoms with E-state index in [-0.39, 0.29) is 5.75 Å². The van der Waals surface area contributed by atoms with Crippen LogP contribution in [0.5, 0.6) is 0 Å². The zero-order valence-corrected chi connectivity index (χ0v) is 11.2. The molecule has 0 amide bonds. The third-order valence-electron chi connectivity index (χ3n) is 3.24. The molecule has 0 spiro atoms. The van der Waals surface area contributed by atoms with Gasteiger partial charge in [-0.1, -0.05) is 6.92 Å². The van der Waals surface area contributed by atoms with Crippen molar-refractivity contribution in [1.29, 1.82) is 0 Å². The summed E-state index contributed by atoms with van der Waals surface area (Å²) in [5.41, 5.74) is 0. The van der Waals surface area contributed by atoms with Crippen molar-refractivity contribution in [3.05, 3.63) is 0 Å². The maximum atomic E-state index is 10.9. The molecule has 0 bridgehead atoms. The molecule has 1 aliphatic heterocycles. The van der Waals surface area contributed by atoms with Crippen LogP contribution in [0.2, 0.25) is 0 Å². The molecule has 5 heteroatoms. The average molecular weight is 248 g/mol. The van der Waals surface area contributed by atoms with E-state index in [1.165, 1.54) is 32.2 Å². The number of hydrogen-bond donors (Lipinski definition) is 1.